The van der Waals surface area contributed by atoms with Gasteiger partial charge in [0, 0.05) is 18.1 Å². The predicted octanol–water partition coefficient (Wildman–Crippen LogP) is 3.67. The number of ketones is 1. The van der Waals surface area contributed by atoms with Crippen LogP contribution in [0.4, 0.5) is 4.39 Å². The highest BCUT2D eigenvalue weighted by molar-refractivity contribution is 5.98. The van der Waals surface area contributed by atoms with E-state index >= 15 is 0 Å². The van der Waals surface area contributed by atoms with Crippen molar-refractivity contribution in [3.63, 3.8) is 0 Å². The Morgan fingerprint density at radius 2 is 2.16 bits per heavy atom. The van der Waals surface area contributed by atoms with E-state index in [1.165, 1.54) is 18.6 Å². The van der Waals surface area contributed by atoms with Gasteiger partial charge in [0.25, 0.3) is 0 Å². The Bertz CT molecular complexity index is 485. The molecule has 1 aromatic rings. The third kappa shape index (κ3) is 2.44. The Hall–Kier alpha value is -1.22. The van der Waals surface area contributed by atoms with Crippen molar-refractivity contribution in [2.75, 3.05) is 6.61 Å². The van der Waals surface area contributed by atoms with Crippen LogP contribution in [-0.2, 0) is 4.74 Å². The predicted molar refractivity (Wildman–Crippen MR) is 70.7 cm³/mol. The molecule has 2 aliphatic rings. The normalized spacial score (nSPS) is 25.1. The van der Waals surface area contributed by atoms with Crippen molar-refractivity contribution in [3.8, 4) is 0 Å². The molecule has 1 saturated heterocycles. The number of benzene rings is 1. The molecule has 1 unspecified atom stereocenters. The van der Waals surface area contributed by atoms with Crippen molar-refractivity contribution in [2.45, 2.75) is 44.6 Å². The summed E-state index contributed by atoms with van der Waals surface area (Å²) in [5.74, 6) is -0.249. The first-order chi connectivity index (χ1) is 9.08. The molecule has 3 heteroatoms. The summed E-state index contributed by atoms with van der Waals surface area (Å²) in [6.07, 6.45) is 4.90. The number of Topliss-reactive ketones (excluding diaryl/α,β-unsaturated/α-hetero) is 1. The minimum Gasteiger partial charge on any atom is -0.375 e. The van der Waals surface area contributed by atoms with Gasteiger partial charge in [0.1, 0.15) is 5.82 Å². The molecule has 102 valence electrons. The van der Waals surface area contributed by atoms with Crippen LogP contribution < -0.4 is 0 Å². The molecule has 1 saturated carbocycles. The molecule has 0 N–H and O–H groups in total. The molecule has 0 amide bonds. The Morgan fingerprint density at radius 1 is 1.37 bits per heavy atom. The fraction of sp³-hybridized carbons (Fsp3) is 0.562. The van der Waals surface area contributed by atoms with Gasteiger partial charge >= 0.3 is 0 Å². The minimum absolute atomic E-state index is 0.00440. The fourth-order valence-corrected chi connectivity index (χ4v) is 3.29. The van der Waals surface area contributed by atoms with Gasteiger partial charge in [0.05, 0.1) is 5.60 Å². The number of carbonyl (C=O) groups is 1. The van der Waals surface area contributed by atoms with Crippen LogP contribution >= 0.6 is 0 Å². The highest BCUT2D eigenvalue weighted by atomic mass is 19.1. The van der Waals surface area contributed by atoms with E-state index in [2.05, 4.69) is 0 Å². The van der Waals surface area contributed by atoms with Crippen LogP contribution in [0.5, 0.6) is 0 Å². The molecule has 2 fully saturated rings. The average Bonchev–Trinajstić information content (AvgIpc) is 2.35. The molecule has 1 spiro atoms. The summed E-state index contributed by atoms with van der Waals surface area (Å²) in [7, 11) is 0. The summed E-state index contributed by atoms with van der Waals surface area (Å²) in [5.41, 5.74) is 1.27. The van der Waals surface area contributed by atoms with Gasteiger partial charge in [-0.2, -0.15) is 0 Å². The molecule has 0 bridgehead atoms. The van der Waals surface area contributed by atoms with E-state index in [0.29, 0.717) is 12.2 Å². The van der Waals surface area contributed by atoms with Crippen LogP contribution in [0.3, 0.4) is 0 Å². The van der Waals surface area contributed by atoms with Gasteiger partial charge < -0.3 is 4.74 Å². The van der Waals surface area contributed by atoms with E-state index in [4.69, 9.17) is 4.74 Å². The second kappa shape index (κ2) is 4.71. The monoisotopic (exact) mass is 262 g/mol. The maximum atomic E-state index is 13.4. The van der Waals surface area contributed by atoms with E-state index in [1.54, 1.807) is 6.07 Å². The van der Waals surface area contributed by atoms with Crippen molar-refractivity contribution in [3.05, 3.63) is 35.1 Å². The zero-order chi connectivity index (χ0) is 13.5. The first kappa shape index (κ1) is 12.8. The lowest BCUT2D eigenvalue weighted by atomic mass is 9.70. The zero-order valence-corrected chi connectivity index (χ0v) is 11.2. The zero-order valence-electron chi connectivity index (χ0n) is 11.2. The van der Waals surface area contributed by atoms with Crippen molar-refractivity contribution < 1.29 is 13.9 Å². The topological polar surface area (TPSA) is 26.3 Å². The molecular formula is C16H19FO2. The largest absolute Gasteiger partial charge is 0.375 e. The Kier molecular flexibility index (Phi) is 3.17. The number of aryl methyl sites for hydroxylation is 1. The molecule has 1 heterocycles. The number of ether oxygens (including phenoxy) is 1. The van der Waals surface area contributed by atoms with Gasteiger partial charge in [-0.05, 0) is 62.8 Å². The summed E-state index contributed by atoms with van der Waals surface area (Å²) in [6, 6.07) is 4.60. The lowest BCUT2D eigenvalue weighted by Gasteiger charge is -2.46. The molecule has 19 heavy (non-hydrogen) atoms. The lowest BCUT2D eigenvalue weighted by molar-refractivity contribution is -0.137. The van der Waals surface area contributed by atoms with Crippen molar-refractivity contribution in [2.24, 2.45) is 5.92 Å². The number of halogens is 1. The second-order valence-corrected chi connectivity index (χ2v) is 5.96. The van der Waals surface area contributed by atoms with E-state index in [1.807, 2.05) is 6.92 Å². The number of rotatable bonds is 2. The van der Waals surface area contributed by atoms with Crippen molar-refractivity contribution in [1.82, 2.24) is 0 Å². The van der Waals surface area contributed by atoms with Crippen molar-refractivity contribution >= 4 is 5.78 Å². The van der Waals surface area contributed by atoms with Gasteiger partial charge in [-0.15, -0.1) is 0 Å². The van der Waals surface area contributed by atoms with E-state index < -0.39 is 0 Å². The maximum absolute atomic E-state index is 13.4. The minimum atomic E-state index is -0.325. The van der Waals surface area contributed by atoms with Crippen LogP contribution in [0.2, 0.25) is 0 Å². The molecule has 0 aromatic heterocycles. The smallest absolute Gasteiger partial charge is 0.166 e. The summed E-state index contributed by atoms with van der Waals surface area (Å²) < 4.78 is 19.2. The molecule has 0 radical (unpaired) electrons. The highest BCUT2D eigenvalue weighted by Crippen LogP contribution is 2.44. The first-order valence-corrected chi connectivity index (χ1v) is 7.03. The molecular weight excluding hydrogens is 243 g/mol. The first-order valence-electron chi connectivity index (χ1n) is 7.03. The second-order valence-electron chi connectivity index (χ2n) is 5.96. The Morgan fingerprint density at radius 3 is 2.79 bits per heavy atom. The van der Waals surface area contributed by atoms with Gasteiger partial charge in [-0.25, -0.2) is 4.39 Å². The molecule has 2 nitrogen and oxygen atoms in total. The Labute approximate surface area is 113 Å². The Balaban J connectivity index is 1.79. The van der Waals surface area contributed by atoms with E-state index in [0.717, 1.165) is 31.2 Å². The lowest BCUT2D eigenvalue weighted by Crippen LogP contribution is -2.47. The van der Waals surface area contributed by atoms with E-state index in [-0.39, 0.29) is 23.1 Å². The van der Waals surface area contributed by atoms with Crippen LogP contribution in [-0.4, -0.2) is 18.0 Å². The van der Waals surface area contributed by atoms with Gasteiger partial charge in [-0.1, -0.05) is 0 Å². The third-order valence-corrected chi connectivity index (χ3v) is 4.46. The van der Waals surface area contributed by atoms with Gasteiger partial charge in [0.2, 0.25) is 0 Å². The average molecular weight is 262 g/mol. The SMILES string of the molecule is Cc1cc(F)cc(C(=O)C2CCOC3(CCC3)C2)c1. The summed E-state index contributed by atoms with van der Waals surface area (Å²) in [4.78, 5) is 12.5. The van der Waals surface area contributed by atoms with Crippen LogP contribution in [0.15, 0.2) is 18.2 Å². The number of carbonyl (C=O) groups excluding carboxylic acids is 1. The fourth-order valence-electron chi connectivity index (χ4n) is 3.29. The van der Waals surface area contributed by atoms with Crippen LogP contribution in [0, 0.1) is 18.7 Å². The number of hydrogen-bond acceptors (Lipinski definition) is 2. The quantitative estimate of drug-likeness (QED) is 0.760. The maximum Gasteiger partial charge on any atom is 0.166 e. The van der Waals surface area contributed by atoms with Gasteiger partial charge in [0.15, 0.2) is 5.78 Å². The van der Waals surface area contributed by atoms with E-state index in [9.17, 15) is 9.18 Å². The number of hydrogen-bond donors (Lipinski definition) is 0. The summed E-state index contributed by atoms with van der Waals surface area (Å²) >= 11 is 0. The molecule has 1 atom stereocenters. The van der Waals surface area contributed by atoms with Crippen LogP contribution in [0.1, 0.15) is 48.0 Å². The molecule has 1 aromatic carbocycles. The van der Waals surface area contributed by atoms with Gasteiger partial charge in [-0.3, -0.25) is 4.79 Å². The van der Waals surface area contributed by atoms with Crippen molar-refractivity contribution in [1.29, 1.82) is 0 Å². The summed E-state index contributed by atoms with van der Waals surface area (Å²) in [6.45, 7) is 2.47. The summed E-state index contributed by atoms with van der Waals surface area (Å²) in [5, 5.41) is 0. The molecule has 1 aliphatic carbocycles. The molecule has 1 aliphatic heterocycles. The third-order valence-electron chi connectivity index (χ3n) is 4.46. The highest BCUT2D eigenvalue weighted by Gasteiger charge is 2.44. The van der Waals surface area contributed by atoms with Crippen LogP contribution in [0.25, 0.3) is 0 Å². The molecule has 3 rings (SSSR count). The standard InChI is InChI=1S/C16H19FO2/c1-11-7-13(9-14(17)8-11)15(18)12-3-6-19-16(10-12)4-2-5-16/h7-9,12H,2-6,10H2,1H3.